The van der Waals surface area contributed by atoms with Crippen LogP contribution in [0.15, 0.2) is 60.9 Å². The second-order valence-corrected chi connectivity index (χ2v) is 8.19. The minimum Gasteiger partial charge on any atom is -0.322 e. The average molecular weight is 398 g/mol. The van der Waals surface area contributed by atoms with E-state index < -0.39 is 10.0 Å². The van der Waals surface area contributed by atoms with Gasteiger partial charge in [-0.05, 0) is 61.4 Å². The Bertz CT molecular complexity index is 1060. The number of rotatable bonds is 7. The molecule has 3 aromatic rings. The van der Waals surface area contributed by atoms with Crippen LogP contribution in [0.25, 0.3) is 5.69 Å². The summed E-state index contributed by atoms with van der Waals surface area (Å²) >= 11 is 0. The number of sulfonamides is 1. The second kappa shape index (κ2) is 8.26. The zero-order chi connectivity index (χ0) is 20.1. The van der Waals surface area contributed by atoms with Crippen molar-refractivity contribution in [3.8, 4) is 5.69 Å². The Morgan fingerprint density at radius 1 is 1.07 bits per heavy atom. The lowest BCUT2D eigenvalue weighted by atomic mass is 10.1. The monoisotopic (exact) mass is 398 g/mol. The molecule has 0 spiro atoms. The standard InChI is InChI=1S/C20H22N4O3S/c1-3-14-28(26,27)23-19-7-4-6-18(15(19)2)22-20(25)16-8-10-17(11-9-16)24-13-5-12-21-24/h4-13,23H,3,14H2,1-2H3,(H,22,25). The lowest BCUT2D eigenvalue weighted by molar-refractivity contribution is 0.102. The highest BCUT2D eigenvalue weighted by molar-refractivity contribution is 7.92. The van der Waals surface area contributed by atoms with Crippen molar-refractivity contribution in [2.45, 2.75) is 20.3 Å². The van der Waals surface area contributed by atoms with E-state index in [0.717, 1.165) is 5.69 Å². The molecule has 0 saturated carbocycles. The van der Waals surface area contributed by atoms with Crippen molar-refractivity contribution in [1.82, 2.24) is 9.78 Å². The summed E-state index contributed by atoms with van der Waals surface area (Å²) in [4.78, 5) is 12.6. The Morgan fingerprint density at radius 3 is 2.43 bits per heavy atom. The first-order chi connectivity index (χ1) is 13.4. The van der Waals surface area contributed by atoms with E-state index in [-0.39, 0.29) is 11.7 Å². The topological polar surface area (TPSA) is 93.1 Å². The number of amides is 1. The fourth-order valence-corrected chi connectivity index (χ4v) is 3.95. The Balaban J connectivity index is 1.76. The molecule has 28 heavy (non-hydrogen) atoms. The summed E-state index contributed by atoms with van der Waals surface area (Å²) in [5, 5.41) is 7.00. The van der Waals surface area contributed by atoms with Crippen molar-refractivity contribution in [3.05, 3.63) is 72.1 Å². The predicted octanol–water partition coefficient (Wildman–Crippen LogP) is 3.58. The third-order valence-corrected chi connectivity index (χ3v) is 5.70. The number of hydrogen-bond donors (Lipinski definition) is 2. The minimum atomic E-state index is -3.40. The summed E-state index contributed by atoms with van der Waals surface area (Å²) in [7, 11) is -3.40. The lowest BCUT2D eigenvalue weighted by Gasteiger charge is -2.14. The van der Waals surface area contributed by atoms with Gasteiger partial charge in [0.25, 0.3) is 5.91 Å². The van der Waals surface area contributed by atoms with Gasteiger partial charge in [0.2, 0.25) is 10.0 Å². The Kier molecular flexibility index (Phi) is 5.79. The molecule has 0 aliphatic carbocycles. The summed E-state index contributed by atoms with van der Waals surface area (Å²) in [5.41, 5.74) is 3.01. The van der Waals surface area contributed by atoms with Crippen molar-refractivity contribution < 1.29 is 13.2 Å². The summed E-state index contributed by atoms with van der Waals surface area (Å²) in [6, 6.07) is 14.0. The maximum Gasteiger partial charge on any atom is 0.255 e. The number of hydrogen-bond acceptors (Lipinski definition) is 4. The minimum absolute atomic E-state index is 0.0472. The molecule has 1 aromatic heterocycles. The van der Waals surface area contributed by atoms with Crippen LogP contribution in [0.5, 0.6) is 0 Å². The number of nitrogens with zero attached hydrogens (tertiary/aromatic N) is 2. The highest BCUT2D eigenvalue weighted by Gasteiger charge is 2.14. The molecule has 2 N–H and O–H groups in total. The number of carbonyl (C=O) groups excluding carboxylic acids is 1. The van der Waals surface area contributed by atoms with Crippen LogP contribution >= 0.6 is 0 Å². The third-order valence-electron chi connectivity index (χ3n) is 4.22. The van der Waals surface area contributed by atoms with E-state index in [1.807, 2.05) is 24.4 Å². The van der Waals surface area contributed by atoms with Crippen molar-refractivity contribution in [2.75, 3.05) is 15.8 Å². The first-order valence-corrected chi connectivity index (χ1v) is 10.6. The molecule has 1 heterocycles. The zero-order valence-electron chi connectivity index (χ0n) is 15.7. The second-order valence-electron chi connectivity index (χ2n) is 6.35. The van der Waals surface area contributed by atoms with Gasteiger partial charge in [0.1, 0.15) is 0 Å². The fraction of sp³-hybridized carbons (Fsp3) is 0.200. The largest absolute Gasteiger partial charge is 0.322 e. The van der Waals surface area contributed by atoms with Crippen LogP contribution in [0.3, 0.4) is 0 Å². The Morgan fingerprint density at radius 2 is 1.79 bits per heavy atom. The van der Waals surface area contributed by atoms with E-state index in [4.69, 9.17) is 0 Å². The SMILES string of the molecule is CCCS(=O)(=O)Nc1cccc(NC(=O)c2ccc(-n3cccn3)cc2)c1C. The number of benzene rings is 2. The number of nitrogens with one attached hydrogen (secondary N) is 2. The van der Waals surface area contributed by atoms with Gasteiger partial charge in [0.15, 0.2) is 0 Å². The van der Waals surface area contributed by atoms with Crippen LogP contribution in [-0.4, -0.2) is 29.9 Å². The van der Waals surface area contributed by atoms with Gasteiger partial charge in [0, 0.05) is 23.6 Å². The van der Waals surface area contributed by atoms with Gasteiger partial charge in [-0.25, -0.2) is 13.1 Å². The molecule has 0 aliphatic heterocycles. The van der Waals surface area contributed by atoms with E-state index in [1.54, 1.807) is 55.1 Å². The smallest absolute Gasteiger partial charge is 0.255 e. The quantitative estimate of drug-likeness (QED) is 0.636. The van der Waals surface area contributed by atoms with Crippen LogP contribution in [0, 0.1) is 6.92 Å². The van der Waals surface area contributed by atoms with Crippen molar-refractivity contribution in [1.29, 1.82) is 0 Å². The normalized spacial score (nSPS) is 11.2. The van der Waals surface area contributed by atoms with Gasteiger partial charge in [-0.3, -0.25) is 9.52 Å². The first kappa shape index (κ1) is 19.6. The molecular weight excluding hydrogens is 376 g/mol. The van der Waals surface area contributed by atoms with Gasteiger partial charge < -0.3 is 5.32 Å². The number of aromatic nitrogens is 2. The molecule has 146 valence electrons. The van der Waals surface area contributed by atoms with Gasteiger partial charge in [-0.1, -0.05) is 13.0 Å². The highest BCUT2D eigenvalue weighted by atomic mass is 32.2. The van der Waals surface area contributed by atoms with Crippen molar-refractivity contribution in [2.24, 2.45) is 0 Å². The molecule has 2 aromatic carbocycles. The fourth-order valence-electron chi connectivity index (χ4n) is 2.75. The molecule has 7 nitrogen and oxygen atoms in total. The van der Waals surface area contributed by atoms with E-state index in [9.17, 15) is 13.2 Å². The van der Waals surface area contributed by atoms with E-state index in [1.165, 1.54) is 0 Å². The summed E-state index contributed by atoms with van der Waals surface area (Å²) in [5.74, 6) is -0.227. The summed E-state index contributed by atoms with van der Waals surface area (Å²) in [6.45, 7) is 3.57. The molecule has 1 amide bonds. The molecule has 3 rings (SSSR count). The Labute approximate surface area is 164 Å². The molecule has 0 atom stereocenters. The Hall–Kier alpha value is -3.13. The molecule has 0 radical (unpaired) electrons. The van der Waals surface area contributed by atoms with Crippen LogP contribution in [-0.2, 0) is 10.0 Å². The maximum atomic E-state index is 12.6. The van der Waals surface area contributed by atoms with Gasteiger partial charge in [-0.15, -0.1) is 0 Å². The van der Waals surface area contributed by atoms with Crippen molar-refractivity contribution >= 4 is 27.3 Å². The lowest BCUT2D eigenvalue weighted by Crippen LogP contribution is -2.18. The van der Waals surface area contributed by atoms with Crippen LogP contribution in [0.1, 0.15) is 29.3 Å². The zero-order valence-corrected chi connectivity index (χ0v) is 16.5. The number of carbonyl (C=O) groups is 1. The van der Waals surface area contributed by atoms with E-state index >= 15 is 0 Å². The number of anilines is 2. The first-order valence-electron chi connectivity index (χ1n) is 8.91. The molecule has 0 unspecified atom stereocenters. The summed E-state index contributed by atoms with van der Waals surface area (Å²) < 4.78 is 28.3. The molecule has 0 fully saturated rings. The van der Waals surface area contributed by atoms with E-state index in [2.05, 4.69) is 15.1 Å². The van der Waals surface area contributed by atoms with Crippen LogP contribution in [0.2, 0.25) is 0 Å². The molecular formula is C20H22N4O3S. The van der Waals surface area contributed by atoms with Crippen molar-refractivity contribution in [3.63, 3.8) is 0 Å². The molecule has 0 bridgehead atoms. The van der Waals surface area contributed by atoms with Crippen LogP contribution < -0.4 is 10.0 Å². The maximum absolute atomic E-state index is 12.6. The molecule has 0 saturated heterocycles. The van der Waals surface area contributed by atoms with Gasteiger partial charge in [-0.2, -0.15) is 5.10 Å². The summed E-state index contributed by atoms with van der Waals surface area (Å²) in [6.07, 6.45) is 4.04. The van der Waals surface area contributed by atoms with E-state index in [0.29, 0.717) is 28.9 Å². The average Bonchev–Trinajstić information content (AvgIpc) is 3.19. The molecule has 0 aliphatic rings. The third kappa shape index (κ3) is 4.58. The van der Waals surface area contributed by atoms with Gasteiger partial charge >= 0.3 is 0 Å². The predicted molar refractivity (Wildman–Crippen MR) is 110 cm³/mol. The van der Waals surface area contributed by atoms with Gasteiger partial charge in [0.05, 0.1) is 17.1 Å². The molecule has 8 heteroatoms. The highest BCUT2D eigenvalue weighted by Crippen LogP contribution is 2.25. The van der Waals surface area contributed by atoms with Crippen LogP contribution in [0.4, 0.5) is 11.4 Å².